The molecule has 6 aromatic carbocycles. The van der Waals surface area contributed by atoms with Crippen molar-refractivity contribution in [2.24, 2.45) is 23.7 Å². The number of carbonyl (C=O) groups is 12. The van der Waals surface area contributed by atoms with E-state index in [4.69, 9.17) is 172 Å². The van der Waals surface area contributed by atoms with E-state index in [9.17, 15) is 57.5 Å². The van der Waals surface area contributed by atoms with Crippen molar-refractivity contribution in [1.82, 2.24) is 0 Å². The lowest BCUT2D eigenvalue weighted by atomic mass is 9.74. The molecule has 0 aliphatic rings. The Hall–Kier alpha value is -15.8. The van der Waals surface area contributed by atoms with Gasteiger partial charge in [0.25, 0.3) is 0 Å². The van der Waals surface area contributed by atoms with Crippen LogP contribution in [0.25, 0.3) is 0 Å². The maximum Gasteiger partial charge on any atom is 0.549 e. The molecule has 0 aromatic heterocycles. The van der Waals surface area contributed by atoms with Crippen molar-refractivity contribution < 1.29 is 230 Å². The van der Waals surface area contributed by atoms with Gasteiger partial charge in [0.15, 0.2) is 69.0 Å². The van der Waals surface area contributed by atoms with Crippen LogP contribution in [0.2, 0.25) is 0 Å². The minimum absolute atomic E-state index is 0.0221. The number of hydrogen-bond donors (Lipinski definition) is 0. The van der Waals surface area contributed by atoms with Gasteiger partial charge in [0, 0.05) is 96.5 Å². The van der Waals surface area contributed by atoms with E-state index >= 15 is 0 Å². The first-order valence-electron chi connectivity index (χ1n) is 35.8. The number of carbonyl (C=O) groups excluding carboxylic acids is 12. The largest absolute Gasteiger partial charge is 0.549 e. The third kappa shape index (κ3) is 27.1. The van der Waals surface area contributed by atoms with Gasteiger partial charge in [-0.3, -0.25) is 0 Å². The fourth-order valence-corrected chi connectivity index (χ4v) is 11.3. The summed E-state index contributed by atoms with van der Waals surface area (Å²) in [6, 6.07) is 13.8. The van der Waals surface area contributed by atoms with Gasteiger partial charge in [0.1, 0.15) is 67.9 Å². The molecule has 686 valence electrons. The second-order valence-corrected chi connectivity index (χ2v) is 24.0. The summed E-state index contributed by atoms with van der Waals surface area (Å²) < 4.78 is 128. The average molecular weight is 1790 g/mol. The van der Waals surface area contributed by atoms with Gasteiger partial charge >= 0.3 is 72.7 Å². The Morgan fingerprint density at radius 1 is 0.183 bits per heavy atom. The molecule has 0 aliphatic carbocycles. The topological polar surface area (TPSA) is 537 Å². The molecule has 0 amide bonds. The highest BCUT2D eigenvalue weighted by atomic mass is 17.3. The molecule has 0 spiro atoms. The smallest absolute Gasteiger partial charge is 0.496 e. The summed E-state index contributed by atoms with van der Waals surface area (Å²) in [5.41, 5.74) is -2.57. The Labute approximate surface area is 714 Å². The van der Waals surface area contributed by atoms with Crippen LogP contribution in [0.3, 0.4) is 0 Å². The average Bonchev–Trinajstić information content (AvgIpc) is 0.889. The van der Waals surface area contributed by atoms with Crippen molar-refractivity contribution in [3.05, 3.63) is 106 Å². The monoisotopic (exact) mass is 1790 g/mol. The molecule has 48 nitrogen and oxygen atoms in total. The van der Waals surface area contributed by atoms with E-state index in [1.54, 1.807) is 0 Å². The Kier molecular flexibility index (Phi) is 39.1. The Morgan fingerprint density at radius 2 is 0.325 bits per heavy atom. The van der Waals surface area contributed by atoms with Crippen LogP contribution in [0.5, 0.6) is 103 Å². The number of methoxy groups -OCH3 is 18. The second kappa shape index (κ2) is 49.8. The van der Waals surface area contributed by atoms with E-state index in [0.29, 0.717) is 0 Å². The standard InChI is InChI=1S/C78H86O48/c1-91-49-29-61(103-13)55(97-7)23-41(49)67(79)115-121-73(85)109-21-19-39(35-111-75(87)123-117-69(81)43-25-57(99-9)63(105-15)31-51(43)93-3)47(37-113-77(89)125-119-71(83)45-27-59(101-11)65(107-17)33-53(45)95-5)48(38-114-78(90)126-120-72(84)46-28-60(102-12)66(108-18)34-54(46)96-6)40(36-112-76(88)124-118-70(82)44-26-58(100-10)64(106-16)32-52(44)94-4)20-22-110-74(86)122-116-68(80)42-24-56(98-8)62(104-14)30-50(42)92-2/h23-34,39-40,47-48H,19-22,35-38H2,1-18H3. The number of rotatable bonds is 41. The molecule has 6 rings (SSSR count). The van der Waals surface area contributed by atoms with Crippen molar-refractivity contribution >= 4 is 72.7 Å². The van der Waals surface area contributed by atoms with E-state index in [0.717, 1.165) is 64.8 Å². The number of benzene rings is 6. The molecule has 0 heterocycles. The van der Waals surface area contributed by atoms with Gasteiger partial charge in [-0.05, 0) is 12.8 Å². The molecular weight excluding hydrogens is 1700 g/mol. The first kappa shape index (κ1) is 99.0. The minimum atomic E-state index is -1.94. The first-order valence-corrected chi connectivity index (χ1v) is 35.8. The molecule has 0 saturated heterocycles. The van der Waals surface area contributed by atoms with Gasteiger partial charge in [-0.1, -0.05) is 0 Å². The van der Waals surface area contributed by atoms with Gasteiger partial charge in [0.2, 0.25) is 0 Å². The SMILES string of the molecule is COc1cc(OC)c(C(=O)OOC(=O)OCCC(COC(=O)OOC(=O)c2cc(OC)c(OC)cc2OC)C(COC(=O)OOC(=O)c2cc(OC)c(OC)cc2OC)C(COC(=O)OOC(=O)c2cc(OC)c(OC)cc2OC)C(CCOC(=O)OOC(=O)c2cc(OC)c(OC)cc2OC)COC(=O)OOC(=O)c2cc(OC)c(OC)cc2OC)cc1OC. The Balaban J connectivity index is 1.52. The van der Waals surface area contributed by atoms with Crippen molar-refractivity contribution in [1.29, 1.82) is 0 Å². The zero-order valence-electron chi connectivity index (χ0n) is 70.5. The van der Waals surface area contributed by atoms with Crippen LogP contribution in [0.4, 0.5) is 28.8 Å². The Bertz CT molecular complexity index is 4490. The van der Waals surface area contributed by atoms with Crippen LogP contribution < -0.4 is 85.3 Å². The Morgan fingerprint density at radius 3 is 0.484 bits per heavy atom. The van der Waals surface area contributed by atoms with Crippen molar-refractivity contribution in [3.8, 4) is 103 Å². The lowest BCUT2D eigenvalue weighted by Gasteiger charge is -2.36. The maximum absolute atomic E-state index is 14.1. The fraction of sp³-hybridized carbons (Fsp3) is 0.385. The van der Waals surface area contributed by atoms with Crippen LogP contribution in [0.15, 0.2) is 72.8 Å². The zero-order chi connectivity index (χ0) is 92.7. The lowest BCUT2D eigenvalue weighted by molar-refractivity contribution is -0.212. The second-order valence-electron chi connectivity index (χ2n) is 24.0. The molecule has 0 saturated carbocycles. The summed E-state index contributed by atoms with van der Waals surface area (Å²) in [6.45, 7) is -7.01. The van der Waals surface area contributed by atoms with Gasteiger partial charge in [-0.25, -0.2) is 87.4 Å². The molecule has 0 fully saturated rings. The molecule has 0 N–H and O–H groups in total. The van der Waals surface area contributed by atoms with Crippen molar-refractivity contribution in [2.75, 3.05) is 168 Å². The van der Waals surface area contributed by atoms with Crippen LogP contribution in [0.1, 0.15) is 75.0 Å². The van der Waals surface area contributed by atoms with Gasteiger partial charge in [0.05, 0.1) is 168 Å². The summed E-state index contributed by atoms with van der Waals surface area (Å²) in [5.74, 6) is -17.1. The summed E-state index contributed by atoms with van der Waals surface area (Å²) in [4.78, 5) is 223. The minimum Gasteiger partial charge on any atom is -0.496 e. The molecule has 4 unspecified atom stereocenters. The van der Waals surface area contributed by atoms with Gasteiger partial charge < -0.3 is 114 Å². The molecular formula is C78H86O48. The van der Waals surface area contributed by atoms with E-state index in [1.807, 2.05) is 0 Å². The van der Waals surface area contributed by atoms with Crippen LogP contribution in [-0.2, 0) is 87.1 Å². The number of hydrogen-bond acceptors (Lipinski definition) is 48. The molecule has 0 radical (unpaired) electrons. The number of ether oxygens (including phenoxy) is 24. The van der Waals surface area contributed by atoms with E-state index in [1.165, 1.54) is 136 Å². The van der Waals surface area contributed by atoms with Gasteiger partial charge in [-0.2, -0.15) is 28.8 Å². The first-order chi connectivity index (χ1) is 60.6. The predicted octanol–water partition coefficient (Wildman–Crippen LogP) is 9.94. The zero-order valence-corrected chi connectivity index (χ0v) is 70.5. The summed E-state index contributed by atoms with van der Waals surface area (Å²) in [5, 5.41) is 0. The predicted molar refractivity (Wildman–Crippen MR) is 407 cm³/mol. The molecule has 126 heavy (non-hydrogen) atoms. The highest BCUT2D eigenvalue weighted by Crippen LogP contribution is 2.42. The summed E-state index contributed by atoms with van der Waals surface area (Å²) >= 11 is 0. The quantitative estimate of drug-likeness (QED) is 0.0149. The normalized spacial score (nSPS) is 11.3. The highest BCUT2D eigenvalue weighted by Gasteiger charge is 2.41. The van der Waals surface area contributed by atoms with Crippen LogP contribution >= 0.6 is 0 Å². The van der Waals surface area contributed by atoms with E-state index in [2.05, 4.69) is 0 Å². The molecule has 48 heteroatoms. The fourth-order valence-electron chi connectivity index (χ4n) is 11.3. The van der Waals surface area contributed by atoms with Crippen molar-refractivity contribution in [3.63, 3.8) is 0 Å². The van der Waals surface area contributed by atoms with Gasteiger partial charge in [-0.15, -0.1) is 0 Å². The third-order valence-corrected chi connectivity index (χ3v) is 17.5. The van der Waals surface area contributed by atoms with Crippen molar-refractivity contribution in [2.45, 2.75) is 12.8 Å². The maximum atomic E-state index is 14.1. The summed E-state index contributed by atoms with van der Waals surface area (Å²) in [7, 11) is 21.9. The highest BCUT2D eigenvalue weighted by molar-refractivity contribution is 5.97. The summed E-state index contributed by atoms with van der Waals surface area (Å²) in [6.07, 6.45) is -12.9. The van der Waals surface area contributed by atoms with Crippen LogP contribution in [0, 0.1) is 23.7 Å². The molecule has 0 aliphatic heterocycles. The molecule has 6 aromatic rings. The van der Waals surface area contributed by atoms with Crippen LogP contribution in [-0.4, -0.2) is 240 Å². The molecule has 4 atom stereocenters. The lowest BCUT2D eigenvalue weighted by Crippen LogP contribution is -2.41. The third-order valence-electron chi connectivity index (χ3n) is 17.5. The molecule has 0 bridgehead atoms. The van der Waals surface area contributed by atoms with E-state index < -0.39 is 182 Å². The van der Waals surface area contributed by atoms with E-state index in [-0.39, 0.29) is 103 Å².